The lowest BCUT2D eigenvalue weighted by molar-refractivity contribution is 0.100. The standard InChI is InChI=1S/C17H18N2O2S/c1-21-12-6-4-5-11(9-12)10-19-17-15(16(18)20)13-7-2-3-8-14(13)22-17/h4-6,9-10H,2-3,7-8H2,1H3,(H2,18,20). The first kappa shape index (κ1) is 14.8. The number of benzene rings is 1. The van der Waals surface area contributed by atoms with Gasteiger partial charge in [-0.15, -0.1) is 11.3 Å². The summed E-state index contributed by atoms with van der Waals surface area (Å²) in [6, 6.07) is 7.65. The highest BCUT2D eigenvalue weighted by molar-refractivity contribution is 7.16. The van der Waals surface area contributed by atoms with Crippen molar-refractivity contribution in [2.24, 2.45) is 10.7 Å². The molecule has 0 atom stereocenters. The Morgan fingerprint density at radius 1 is 1.36 bits per heavy atom. The summed E-state index contributed by atoms with van der Waals surface area (Å²) in [7, 11) is 1.63. The second-order valence-corrected chi connectivity index (χ2v) is 6.37. The van der Waals surface area contributed by atoms with Gasteiger partial charge in [-0.25, -0.2) is 4.99 Å². The highest BCUT2D eigenvalue weighted by atomic mass is 32.1. The number of nitrogens with two attached hydrogens (primary N) is 1. The maximum absolute atomic E-state index is 11.8. The summed E-state index contributed by atoms with van der Waals surface area (Å²) in [6.07, 6.45) is 5.99. The molecule has 0 fully saturated rings. The van der Waals surface area contributed by atoms with Crippen LogP contribution in [0.2, 0.25) is 0 Å². The van der Waals surface area contributed by atoms with Crippen molar-refractivity contribution in [2.45, 2.75) is 25.7 Å². The fourth-order valence-corrected chi connectivity index (χ4v) is 3.99. The molecule has 22 heavy (non-hydrogen) atoms. The van der Waals surface area contributed by atoms with Crippen molar-refractivity contribution < 1.29 is 9.53 Å². The third-order valence-corrected chi connectivity index (χ3v) is 5.02. The number of hydrogen-bond acceptors (Lipinski definition) is 4. The zero-order valence-corrected chi connectivity index (χ0v) is 13.3. The van der Waals surface area contributed by atoms with Gasteiger partial charge < -0.3 is 10.5 Å². The molecule has 0 radical (unpaired) electrons. The third kappa shape index (κ3) is 2.90. The van der Waals surface area contributed by atoms with Gasteiger partial charge in [0.1, 0.15) is 10.8 Å². The van der Waals surface area contributed by atoms with E-state index in [0.29, 0.717) is 5.56 Å². The number of carbonyl (C=O) groups is 1. The molecule has 1 aromatic carbocycles. The molecule has 2 aromatic rings. The van der Waals surface area contributed by atoms with Crippen LogP contribution in [0.15, 0.2) is 29.3 Å². The average Bonchev–Trinajstić information content (AvgIpc) is 2.91. The summed E-state index contributed by atoms with van der Waals surface area (Å²) in [5.74, 6) is 0.404. The SMILES string of the molecule is COc1cccc(C=Nc2sc3c(c2C(N)=O)CCCC3)c1. The number of nitrogens with zero attached hydrogens (tertiary/aromatic N) is 1. The number of thiophene rings is 1. The smallest absolute Gasteiger partial charge is 0.252 e. The Morgan fingerprint density at radius 2 is 2.18 bits per heavy atom. The zero-order valence-electron chi connectivity index (χ0n) is 12.5. The van der Waals surface area contributed by atoms with Crippen molar-refractivity contribution >= 4 is 28.5 Å². The van der Waals surface area contributed by atoms with Crippen LogP contribution in [-0.2, 0) is 12.8 Å². The topological polar surface area (TPSA) is 64.7 Å². The predicted molar refractivity (Wildman–Crippen MR) is 89.7 cm³/mol. The molecule has 0 bridgehead atoms. The lowest BCUT2D eigenvalue weighted by atomic mass is 9.95. The zero-order chi connectivity index (χ0) is 15.5. The molecular formula is C17H18N2O2S. The molecule has 0 unspecified atom stereocenters. The van der Waals surface area contributed by atoms with Crippen molar-refractivity contribution in [1.29, 1.82) is 0 Å². The monoisotopic (exact) mass is 314 g/mol. The summed E-state index contributed by atoms with van der Waals surface area (Å²) in [5.41, 5.74) is 8.23. The number of aryl methyl sites for hydroxylation is 1. The van der Waals surface area contributed by atoms with Crippen LogP contribution in [0, 0.1) is 0 Å². The fraction of sp³-hybridized carbons (Fsp3) is 0.294. The van der Waals surface area contributed by atoms with E-state index in [2.05, 4.69) is 4.99 Å². The van der Waals surface area contributed by atoms with E-state index in [1.165, 1.54) is 11.3 Å². The van der Waals surface area contributed by atoms with Crippen LogP contribution < -0.4 is 10.5 Å². The Bertz CT molecular complexity index is 734. The van der Waals surface area contributed by atoms with Crippen LogP contribution in [0.4, 0.5) is 5.00 Å². The second kappa shape index (κ2) is 6.32. The van der Waals surface area contributed by atoms with Gasteiger partial charge in [-0.3, -0.25) is 4.79 Å². The summed E-state index contributed by atoms with van der Waals surface area (Å²) in [5, 5.41) is 0.724. The third-order valence-electron chi connectivity index (χ3n) is 3.82. The van der Waals surface area contributed by atoms with Gasteiger partial charge in [-0.05, 0) is 48.9 Å². The molecule has 1 heterocycles. The first-order valence-corrected chi connectivity index (χ1v) is 8.13. The lowest BCUT2D eigenvalue weighted by Gasteiger charge is -2.10. The average molecular weight is 314 g/mol. The summed E-state index contributed by atoms with van der Waals surface area (Å²) in [6.45, 7) is 0. The minimum absolute atomic E-state index is 0.378. The van der Waals surface area contributed by atoms with Crippen LogP contribution in [0.5, 0.6) is 5.75 Å². The van der Waals surface area contributed by atoms with Crippen LogP contribution >= 0.6 is 11.3 Å². The van der Waals surface area contributed by atoms with Crippen molar-refractivity contribution in [3.8, 4) is 5.75 Å². The Kier molecular flexibility index (Phi) is 4.24. The summed E-state index contributed by atoms with van der Waals surface area (Å²) < 4.78 is 5.20. The Balaban J connectivity index is 1.96. The Labute approximate surface area is 133 Å². The maximum atomic E-state index is 11.8. The van der Waals surface area contributed by atoms with Crippen LogP contribution in [0.3, 0.4) is 0 Å². The number of methoxy groups -OCH3 is 1. The number of aliphatic imine (C=N–C) groups is 1. The van der Waals surface area contributed by atoms with Gasteiger partial charge in [0.05, 0.1) is 12.7 Å². The summed E-state index contributed by atoms with van der Waals surface area (Å²) in [4.78, 5) is 17.6. The van der Waals surface area contributed by atoms with Gasteiger partial charge in [0, 0.05) is 11.1 Å². The van der Waals surface area contributed by atoms with E-state index in [9.17, 15) is 4.79 Å². The van der Waals surface area contributed by atoms with Gasteiger partial charge in [0.2, 0.25) is 0 Å². The maximum Gasteiger partial charge on any atom is 0.252 e. The Morgan fingerprint density at radius 3 is 2.95 bits per heavy atom. The fourth-order valence-electron chi connectivity index (χ4n) is 2.75. The lowest BCUT2D eigenvalue weighted by Crippen LogP contribution is -2.14. The van der Waals surface area contributed by atoms with Crippen molar-refractivity contribution in [1.82, 2.24) is 0 Å². The first-order chi connectivity index (χ1) is 10.7. The number of ether oxygens (including phenoxy) is 1. The molecule has 1 amide bonds. The quantitative estimate of drug-likeness (QED) is 0.878. The molecule has 4 nitrogen and oxygen atoms in total. The van der Waals surface area contributed by atoms with E-state index in [1.807, 2.05) is 24.3 Å². The molecule has 114 valence electrons. The normalized spacial score (nSPS) is 14.0. The van der Waals surface area contributed by atoms with Crippen molar-refractivity contribution in [3.05, 3.63) is 45.8 Å². The minimum atomic E-state index is -0.378. The first-order valence-electron chi connectivity index (χ1n) is 7.31. The van der Waals surface area contributed by atoms with E-state index in [4.69, 9.17) is 10.5 Å². The number of rotatable bonds is 4. The molecule has 5 heteroatoms. The predicted octanol–water partition coefficient (Wildman–Crippen LogP) is 3.49. The molecule has 1 aliphatic rings. The van der Waals surface area contributed by atoms with Gasteiger partial charge in [-0.1, -0.05) is 12.1 Å². The van der Waals surface area contributed by atoms with E-state index < -0.39 is 0 Å². The Hall–Kier alpha value is -2.14. The van der Waals surface area contributed by atoms with Gasteiger partial charge in [0.25, 0.3) is 5.91 Å². The van der Waals surface area contributed by atoms with E-state index >= 15 is 0 Å². The van der Waals surface area contributed by atoms with Gasteiger partial charge >= 0.3 is 0 Å². The van der Waals surface area contributed by atoms with Crippen molar-refractivity contribution in [3.63, 3.8) is 0 Å². The second-order valence-electron chi connectivity index (χ2n) is 5.29. The molecule has 0 saturated heterocycles. The largest absolute Gasteiger partial charge is 0.497 e. The van der Waals surface area contributed by atoms with Crippen LogP contribution in [0.25, 0.3) is 0 Å². The van der Waals surface area contributed by atoms with E-state index in [-0.39, 0.29) is 5.91 Å². The molecule has 0 spiro atoms. The number of fused-ring (bicyclic) bond motifs is 1. The van der Waals surface area contributed by atoms with Gasteiger partial charge in [-0.2, -0.15) is 0 Å². The van der Waals surface area contributed by atoms with Crippen molar-refractivity contribution in [2.75, 3.05) is 7.11 Å². The molecule has 1 aliphatic carbocycles. The number of hydrogen-bond donors (Lipinski definition) is 1. The highest BCUT2D eigenvalue weighted by Crippen LogP contribution is 2.39. The van der Waals surface area contributed by atoms with Crippen LogP contribution in [0.1, 0.15) is 39.2 Å². The van der Waals surface area contributed by atoms with Crippen LogP contribution in [-0.4, -0.2) is 19.2 Å². The number of amides is 1. The van der Waals surface area contributed by atoms with E-state index in [0.717, 1.165) is 41.1 Å². The molecule has 2 N–H and O–H groups in total. The minimum Gasteiger partial charge on any atom is -0.497 e. The molecular weight excluding hydrogens is 296 g/mol. The summed E-state index contributed by atoms with van der Waals surface area (Å²) >= 11 is 1.59. The number of primary amides is 1. The molecule has 1 aromatic heterocycles. The molecule has 3 rings (SSSR count). The van der Waals surface area contributed by atoms with Gasteiger partial charge in [0.15, 0.2) is 0 Å². The number of carbonyl (C=O) groups excluding carboxylic acids is 1. The molecule has 0 saturated carbocycles. The van der Waals surface area contributed by atoms with E-state index in [1.54, 1.807) is 24.7 Å². The highest BCUT2D eigenvalue weighted by Gasteiger charge is 2.23. The molecule has 0 aliphatic heterocycles.